The van der Waals surface area contributed by atoms with Crippen molar-refractivity contribution in [2.75, 3.05) is 6.54 Å². The van der Waals surface area contributed by atoms with E-state index in [2.05, 4.69) is 34.2 Å². The van der Waals surface area contributed by atoms with Crippen LogP contribution in [-0.2, 0) is 11.3 Å². The second-order valence-electron chi connectivity index (χ2n) is 7.34. The Labute approximate surface area is 162 Å². The lowest BCUT2D eigenvalue weighted by atomic mass is 10.1. The van der Waals surface area contributed by atoms with Gasteiger partial charge in [0.05, 0.1) is 0 Å². The molecular weight excluding hydrogens is 352 g/mol. The number of carbonyl (C=O) groups is 1. The molecular formula is C22H20N4O2. The second kappa shape index (κ2) is 6.64. The van der Waals surface area contributed by atoms with E-state index < -0.39 is 0 Å². The third kappa shape index (κ3) is 2.97. The molecule has 1 fully saturated rings. The molecule has 0 aliphatic carbocycles. The summed E-state index contributed by atoms with van der Waals surface area (Å²) in [6.07, 6.45) is 2.32. The van der Waals surface area contributed by atoms with Crippen LogP contribution in [0.2, 0.25) is 0 Å². The van der Waals surface area contributed by atoms with E-state index >= 15 is 0 Å². The van der Waals surface area contributed by atoms with Crippen LogP contribution in [0.25, 0.3) is 22.4 Å². The number of carbonyl (C=O) groups excluding carboxylic acids is 1. The average Bonchev–Trinajstić information content (AvgIpc) is 3.43. The zero-order valence-corrected chi connectivity index (χ0v) is 15.6. The zero-order chi connectivity index (χ0) is 19.1. The van der Waals surface area contributed by atoms with Crippen LogP contribution >= 0.6 is 0 Å². The summed E-state index contributed by atoms with van der Waals surface area (Å²) in [5.74, 6) is 1.18. The number of likely N-dealkylation sites (tertiary alicyclic amines) is 1. The van der Waals surface area contributed by atoms with Crippen LogP contribution in [-0.4, -0.2) is 32.5 Å². The van der Waals surface area contributed by atoms with Gasteiger partial charge in [-0.15, -0.1) is 0 Å². The van der Waals surface area contributed by atoms with Crippen molar-refractivity contribution in [2.24, 2.45) is 0 Å². The number of fused-ring (bicyclic) bond motifs is 1. The van der Waals surface area contributed by atoms with Gasteiger partial charge < -0.3 is 14.4 Å². The standard InChI is InChI=1S/C22H20N4O2/c1-14-4-2-3-5-17(14)12-26-13-18(11-20(26)27)21-24-22(28-25-21)16-7-6-15-8-9-23-19(15)10-16/h2-10,18,23H,11-13H2,1H3. The number of nitrogens with zero attached hydrogens (tertiary/aromatic N) is 3. The van der Waals surface area contributed by atoms with Gasteiger partial charge in [-0.25, -0.2) is 0 Å². The maximum atomic E-state index is 12.5. The van der Waals surface area contributed by atoms with E-state index in [1.54, 1.807) is 0 Å². The van der Waals surface area contributed by atoms with Gasteiger partial charge in [0, 0.05) is 42.7 Å². The number of hydrogen-bond donors (Lipinski definition) is 1. The molecule has 1 unspecified atom stereocenters. The van der Waals surface area contributed by atoms with Crippen LogP contribution in [0.1, 0.15) is 29.3 Å². The van der Waals surface area contributed by atoms with Gasteiger partial charge in [0.15, 0.2) is 5.82 Å². The van der Waals surface area contributed by atoms with Gasteiger partial charge >= 0.3 is 0 Å². The Hall–Kier alpha value is -3.41. The van der Waals surface area contributed by atoms with Crippen molar-refractivity contribution >= 4 is 16.8 Å². The molecule has 0 radical (unpaired) electrons. The molecule has 6 heteroatoms. The summed E-state index contributed by atoms with van der Waals surface area (Å²) in [4.78, 5) is 22.2. The number of hydrogen-bond acceptors (Lipinski definition) is 4. The topological polar surface area (TPSA) is 75.0 Å². The lowest BCUT2D eigenvalue weighted by Gasteiger charge is -2.17. The van der Waals surface area contributed by atoms with Gasteiger partial charge in [0.2, 0.25) is 5.91 Å². The molecule has 3 heterocycles. The highest BCUT2D eigenvalue weighted by atomic mass is 16.5. The lowest BCUT2D eigenvalue weighted by molar-refractivity contribution is -0.128. The Morgan fingerprint density at radius 1 is 1.21 bits per heavy atom. The zero-order valence-electron chi connectivity index (χ0n) is 15.6. The van der Waals surface area contributed by atoms with Gasteiger partial charge in [0.1, 0.15) is 0 Å². The monoisotopic (exact) mass is 372 g/mol. The van der Waals surface area contributed by atoms with Gasteiger partial charge in [-0.2, -0.15) is 4.98 Å². The van der Waals surface area contributed by atoms with Crippen LogP contribution in [0, 0.1) is 6.92 Å². The highest BCUT2D eigenvalue weighted by Crippen LogP contribution is 2.30. The Morgan fingerprint density at radius 3 is 3.00 bits per heavy atom. The van der Waals surface area contributed by atoms with Crippen molar-refractivity contribution in [1.82, 2.24) is 20.0 Å². The van der Waals surface area contributed by atoms with E-state index in [0.717, 1.165) is 16.5 Å². The smallest absolute Gasteiger partial charge is 0.258 e. The van der Waals surface area contributed by atoms with E-state index in [9.17, 15) is 4.79 Å². The second-order valence-corrected chi connectivity index (χ2v) is 7.34. The Bertz CT molecular complexity index is 1160. The largest absolute Gasteiger partial charge is 0.361 e. The number of nitrogens with one attached hydrogen (secondary N) is 1. The van der Waals surface area contributed by atoms with Crippen LogP contribution < -0.4 is 0 Å². The highest BCUT2D eigenvalue weighted by molar-refractivity contribution is 5.83. The number of rotatable bonds is 4. The van der Waals surface area contributed by atoms with E-state index in [-0.39, 0.29) is 11.8 Å². The number of aromatic nitrogens is 3. The molecule has 28 heavy (non-hydrogen) atoms. The molecule has 0 bridgehead atoms. The summed E-state index contributed by atoms with van der Waals surface area (Å²) in [5.41, 5.74) is 4.26. The third-order valence-corrected chi connectivity index (χ3v) is 5.45. The molecule has 140 valence electrons. The predicted octanol–water partition coefficient (Wildman–Crippen LogP) is 4.04. The molecule has 1 aliphatic rings. The number of benzene rings is 2. The SMILES string of the molecule is Cc1ccccc1CN1CC(c2noc(-c3ccc4cc[nH]c4c3)n2)CC1=O. The molecule has 0 spiro atoms. The molecule has 1 atom stereocenters. The Kier molecular flexibility index (Phi) is 3.97. The van der Waals surface area contributed by atoms with E-state index in [0.29, 0.717) is 31.2 Å². The van der Waals surface area contributed by atoms with Gasteiger partial charge in [0.25, 0.3) is 5.89 Å². The molecule has 4 aromatic rings. The fourth-order valence-electron chi connectivity index (χ4n) is 3.79. The highest BCUT2D eigenvalue weighted by Gasteiger charge is 2.34. The minimum atomic E-state index is -0.0387. The maximum Gasteiger partial charge on any atom is 0.258 e. The summed E-state index contributed by atoms with van der Waals surface area (Å²) in [7, 11) is 0. The first-order valence-corrected chi connectivity index (χ1v) is 9.41. The minimum absolute atomic E-state index is 0.0387. The quantitative estimate of drug-likeness (QED) is 0.587. The molecule has 1 aliphatic heterocycles. The third-order valence-electron chi connectivity index (χ3n) is 5.45. The number of aryl methyl sites for hydroxylation is 1. The molecule has 0 saturated carbocycles. The summed E-state index contributed by atoms with van der Waals surface area (Å²) in [5, 5.41) is 5.30. The van der Waals surface area contributed by atoms with Crippen LogP contribution in [0.15, 0.2) is 59.3 Å². The van der Waals surface area contributed by atoms with Crippen molar-refractivity contribution in [3.63, 3.8) is 0 Å². The molecule has 5 rings (SSSR count). The maximum absolute atomic E-state index is 12.5. The first-order valence-electron chi connectivity index (χ1n) is 9.41. The molecule has 2 aromatic carbocycles. The molecule has 6 nitrogen and oxygen atoms in total. The number of aromatic amines is 1. The summed E-state index contributed by atoms with van der Waals surface area (Å²) in [6, 6.07) is 16.2. The van der Waals surface area contributed by atoms with Gasteiger partial charge in [-0.1, -0.05) is 35.5 Å². The van der Waals surface area contributed by atoms with E-state index in [4.69, 9.17) is 4.52 Å². The molecule has 1 saturated heterocycles. The van der Waals surface area contributed by atoms with Crippen molar-refractivity contribution in [2.45, 2.75) is 25.8 Å². The normalized spacial score (nSPS) is 17.0. The van der Waals surface area contributed by atoms with Crippen molar-refractivity contribution in [3.05, 3.63) is 71.7 Å². The van der Waals surface area contributed by atoms with Gasteiger partial charge in [-0.05, 0) is 41.6 Å². The van der Waals surface area contributed by atoms with Crippen LogP contribution in [0.5, 0.6) is 0 Å². The molecule has 1 amide bonds. The van der Waals surface area contributed by atoms with E-state index in [1.807, 2.05) is 47.5 Å². The first kappa shape index (κ1) is 16.7. The van der Waals surface area contributed by atoms with E-state index in [1.165, 1.54) is 11.1 Å². The minimum Gasteiger partial charge on any atom is -0.361 e. The summed E-state index contributed by atoms with van der Waals surface area (Å²) < 4.78 is 5.49. The molecule has 2 aromatic heterocycles. The number of H-pyrrole nitrogens is 1. The van der Waals surface area contributed by atoms with Crippen molar-refractivity contribution in [1.29, 1.82) is 0 Å². The Balaban J connectivity index is 1.34. The fraction of sp³-hybridized carbons (Fsp3) is 0.227. The lowest BCUT2D eigenvalue weighted by Crippen LogP contribution is -2.24. The fourth-order valence-corrected chi connectivity index (χ4v) is 3.79. The Morgan fingerprint density at radius 2 is 2.11 bits per heavy atom. The first-order chi connectivity index (χ1) is 13.7. The van der Waals surface area contributed by atoms with Gasteiger partial charge in [-0.3, -0.25) is 4.79 Å². The summed E-state index contributed by atoms with van der Waals surface area (Å²) in [6.45, 7) is 3.30. The summed E-state index contributed by atoms with van der Waals surface area (Å²) >= 11 is 0. The van der Waals surface area contributed by atoms with Crippen molar-refractivity contribution < 1.29 is 9.32 Å². The number of amides is 1. The van der Waals surface area contributed by atoms with Crippen molar-refractivity contribution in [3.8, 4) is 11.5 Å². The van der Waals surface area contributed by atoms with Crippen LogP contribution in [0.3, 0.4) is 0 Å². The van der Waals surface area contributed by atoms with Crippen LogP contribution in [0.4, 0.5) is 0 Å². The predicted molar refractivity (Wildman–Crippen MR) is 106 cm³/mol. The average molecular weight is 372 g/mol. The molecule has 1 N–H and O–H groups in total.